The van der Waals surface area contributed by atoms with Gasteiger partial charge in [0.05, 0.1) is 34.2 Å². The van der Waals surface area contributed by atoms with Gasteiger partial charge in [-0.15, -0.1) is 11.3 Å². The first-order valence-corrected chi connectivity index (χ1v) is 9.93. The van der Waals surface area contributed by atoms with Gasteiger partial charge in [0.1, 0.15) is 6.54 Å². The number of amides is 2. The van der Waals surface area contributed by atoms with Crippen molar-refractivity contribution in [3.8, 4) is 0 Å². The van der Waals surface area contributed by atoms with E-state index in [4.69, 9.17) is 16.6 Å². The lowest BCUT2D eigenvalue weighted by atomic mass is 10.2. The van der Waals surface area contributed by atoms with Crippen LogP contribution < -0.4 is 10.2 Å². The molecule has 1 aliphatic rings. The first-order chi connectivity index (χ1) is 13.6. The zero-order chi connectivity index (χ0) is 19.5. The molecule has 0 aliphatic carbocycles. The molecule has 5 nitrogen and oxygen atoms in total. The fourth-order valence-electron chi connectivity index (χ4n) is 3.00. The minimum absolute atomic E-state index is 0.117. The number of carbonyl (C=O) groups excluding carboxylic acids is 2. The third kappa shape index (κ3) is 3.83. The van der Waals surface area contributed by atoms with E-state index in [0.717, 1.165) is 4.88 Å². The molecule has 0 radical (unpaired) electrons. The van der Waals surface area contributed by atoms with Gasteiger partial charge in [-0.25, -0.2) is 4.99 Å². The number of fused-ring (bicyclic) bond motifs is 1. The molecule has 2 amide bonds. The molecule has 2 aromatic carbocycles. The smallest absolute Gasteiger partial charge is 0.244 e. The van der Waals surface area contributed by atoms with Gasteiger partial charge in [-0.3, -0.25) is 9.59 Å². The number of benzene rings is 2. The number of nitrogens with one attached hydrogen (secondary N) is 1. The van der Waals surface area contributed by atoms with Crippen molar-refractivity contribution in [2.24, 2.45) is 4.99 Å². The Kier molecular flexibility index (Phi) is 5.23. The third-order valence-corrected chi connectivity index (χ3v) is 5.55. The molecule has 0 spiro atoms. The van der Waals surface area contributed by atoms with E-state index in [2.05, 4.69) is 5.32 Å². The van der Waals surface area contributed by atoms with E-state index in [-0.39, 0.29) is 24.8 Å². The van der Waals surface area contributed by atoms with Gasteiger partial charge in [0.15, 0.2) is 0 Å². The van der Waals surface area contributed by atoms with Gasteiger partial charge in [-0.2, -0.15) is 0 Å². The van der Waals surface area contributed by atoms with Crippen molar-refractivity contribution >= 4 is 57.5 Å². The number of carbonyl (C=O) groups is 2. The van der Waals surface area contributed by atoms with Crippen LogP contribution in [0.1, 0.15) is 11.3 Å². The maximum absolute atomic E-state index is 13.0. The van der Waals surface area contributed by atoms with Crippen molar-refractivity contribution < 1.29 is 9.59 Å². The average molecular weight is 410 g/mol. The van der Waals surface area contributed by atoms with Crippen molar-refractivity contribution in [3.05, 3.63) is 75.9 Å². The zero-order valence-corrected chi connectivity index (χ0v) is 16.3. The van der Waals surface area contributed by atoms with E-state index >= 15 is 0 Å². The monoisotopic (exact) mass is 409 g/mol. The lowest BCUT2D eigenvalue weighted by molar-refractivity contribution is -0.120. The van der Waals surface area contributed by atoms with Crippen LogP contribution in [0.4, 0.5) is 17.1 Å². The summed E-state index contributed by atoms with van der Waals surface area (Å²) in [5.74, 6) is -0.498. The number of nitrogens with zero attached hydrogens (tertiary/aromatic N) is 2. The Morgan fingerprint density at radius 2 is 1.89 bits per heavy atom. The number of rotatable bonds is 4. The van der Waals surface area contributed by atoms with Gasteiger partial charge in [0.25, 0.3) is 0 Å². The molecule has 7 heteroatoms. The molecule has 4 rings (SSSR count). The molecule has 28 heavy (non-hydrogen) atoms. The van der Waals surface area contributed by atoms with Crippen LogP contribution in [0.5, 0.6) is 0 Å². The summed E-state index contributed by atoms with van der Waals surface area (Å²) in [6, 6.07) is 18.2. The van der Waals surface area contributed by atoms with Gasteiger partial charge < -0.3 is 10.2 Å². The van der Waals surface area contributed by atoms with E-state index in [9.17, 15) is 9.59 Å². The molecule has 140 valence electrons. The predicted octanol–water partition coefficient (Wildman–Crippen LogP) is 4.90. The molecule has 1 N–H and O–H groups in total. The first kappa shape index (κ1) is 18.4. The van der Waals surface area contributed by atoms with Crippen LogP contribution in [0.2, 0.25) is 5.02 Å². The van der Waals surface area contributed by atoms with Gasteiger partial charge in [-0.05, 0) is 35.7 Å². The average Bonchev–Trinajstić information content (AvgIpc) is 3.18. The van der Waals surface area contributed by atoms with E-state index < -0.39 is 0 Å². The van der Waals surface area contributed by atoms with Gasteiger partial charge >= 0.3 is 0 Å². The highest BCUT2D eigenvalue weighted by atomic mass is 35.5. The minimum atomic E-state index is -0.323. The summed E-state index contributed by atoms with van der Waals surface area (Å²) in [5, 5.41) is 5.17. The number of aliphatic imine (C=N–C) groups is 1. The van der Waals surface area contributed by atoms with Crippen LogP contribution in [0.3, 0.4) is 0 Å². The summed E-state index contributed by atoms with van der Waals surface area (Å²) in [7, 11) is 0. The molecule has 1 aliphatic heterocycles. The highest BCUT2D eigenvalue weighted by Crippen LogP contribution is 2.33. The van der Waals surface area contributed by atoms with Crippen molar-refractivity contribution in [1.29, 1.82) is 0 Å². The fourth-order valence-corrected chi connectivity index (χ4v) is 3.90. The maximum Gasteiger partial charge on any atom is 0.244 e. The molecule has 0 saturated heterocycles. The molecule has 0 atom stereocenters. The summed E-state index contributed by atoms with van der Waals surface area (Å²) in [5.41, 5.74) is 2.51. The van der Waals surface area contributed by atoms with E-state index in [1.54, 1.807) is 30.3 Å². The van der Waals surface area contributed by atoms with Crippen LogP contribution in [-0.4, -0.2) is 24.1 Å². The molecule has 0 fully saturated rings. The van der Waals surface area contributed by atoms with Crippen molar-refractivity contribution in [3.63, 3.8) is 0 Å². The van der Waals surface area contributed by atoms with Crippen LogP contribution in [0.15, 0.2) is 71.0 Å². The highest BCUT2D eigenvalue weighted by Gasteiger charge is 2.27. The van der Waals surface area contributed by atoms with Crippen molar-refractivity contribution in [2.75, 3.05) is 16.8 Å². The Morgan fingerprint density at radius 1 is 1.11 bits per heavy atom. The standard InChI is InChI=1S/C21H16ClN3O2S/c22-14-6-1-2-7-15(14)24-20(26)13-25-18-9-4-3-8-16(18)23-17(12-21(25)27)19-10-5-11-28-19/h1-11H,12-13H2,(H,24,26). The number of halogens is 1. The summed E-state index contributed by atoms with van der Waals surface area (Å²) >= 11 is 7.65. The van der Waals surface area contributed by atoms with Gasteiger partial charge in [0, 0.05) is 4.88 Å². The summed E-state index contributed by atoms with van der Waals surface area (Å²) < 4.78 is 0. The quantitative estimate of drug-likeness (QED) is 0.666. The molecular formula is C21H16ClN3O2S. The number of para-hydroxylation sites is 3. The van der Waals surface area contributed by atoms with Crippen LogP contribution in [0, 0.1) is 0 Å². The van der Waals surface area contributed by atoms with E-state index in [1.165, 1.54) is 16.2 Å². The molecule has 1 aromatic heterocycles. The molecule has 2 heterocycles. The van der Waals surface area contributed by atoms with E-state index in [0.29, 0.717) is 27.8 Å². The van der Waals surface area contributed by atoms with Crippen LogP contribution >= 0.6 is 22.9 Å². The maximum atomic E-state index is 13.0. The summed E-state index contributed by atoms with van der Waals surface area (Å²) in [4.78, 5) is 32.7. The predicted molar refractivity (Wildman–Crippen MR) is 114 cm³/mol. The number of hydrogen-bond acceptors (Lipinski definition) is 4. The van der Waals surface area contributed by atoms with Gasteiger partial charge in [-0.1, -0.05) is 41.9 Å². The molecule has 3 aromatic rings. The second-order valence-electron chi connectivity index (χ2n) is 6.21. The largest absolute Gasteiger partial charge is 0.323 e. The molecular weight excluding hydrogens is 394 g/mol. The molecule has 0 bridgehead atoms. The molecule has 0 unspecified atom stereocenters. The number of anilines is 2. The van der Waals surface area contributed by atoms with Crippen molar-refractivity contribution in [2.45, 2.75) is 6.42 Å². The summed E-state index contributed by atoms with van der Waals surface area (Å²) in [6.45, 7) is -0.117. The highest BCUT2D eigenvalue weighted by molar-refractivity contribution is 7.12. The zero-order valence-electron chi connectivity index (χ0n) is 14.8. The third-order valence-electron chi connectivity index (χ3n) is 4.30. The minimum Gasteiger partial charge on any atom is -0.323 e. The SMILES string of the molecule is O=C(CN1C(=O)CC(c2cccs2)=Nc2ccccc21)Nc1ccccc1Cl. The normalized spacial score (nSPS) is 13.5. The first-order valence-electron chi connectivity index (χ1n) is 8.67. The Hall–Kier alpha value is -2.96. The second kappa shape index (κ2) is 7.96. The van der Waals surface area contributed by atoms with Gasteiger partial charge in [0.2, 0.25) is 11.8 Å². The lowest BCUT2D eigenvalue weighted by Gasteiger charge is -2.22. The Labute approximate surface area is 171 Å². The van der Waals surface area contributed by atoms with Crippen LogP contribution in [-0.2, 0) is 9.59 Å². The summed E-state index contributed by atoms with van der Waals surface area (Å²) in [6.07, 6.45) is 0.133. The second-order valence-corrected chi connectivity index (χ2v) is 7.56. The topological polar surface area (TPSA) is 61.8 Å². The Morgan fingerprint density at radius 3 is 2.68 bits per heavy atom. The van der Waals surface area contributed by atoms with E-state index in [1.807, 2.05) is 35.7 Å². The molecule has 0 saturated carbocycles. The Bertz CT molecular complexity index is 1060. The fraction of sp³-hybridized carbons (Fsp3) is 0.0952. The number of thiophene rings is 1. The van der Waals surface area contributed by atoms with Crippen molar-refractivity contribution in [1.82, 2.24) is 0 Å². The van der Waals surface area contributed by atoms with Crippen LogP contribution in [0.25, 0.3) is 0 Å². The lowest BCUT2D eigenvalue weighted by Crippen LogP contribution is -2.38. The number of hydrogen-bond donors (Lipinski definition) is 1. The Balaban J connectivity index is 1.61.